The molecule has 0 saturated heterocycles. The first-order valence-corrected chi connectivity index (χ1v) is 9.21. The molecule has 0 aliphatic heterocycles. The highest BCUT2D eigenvalue weighted by Crippen LogP contribution is 2.24. The molecule has 1 N–H and O–H groups in total. The summed E-state index contributed by atoms with van der Waals surface area (Å²) in [6.45, 7) is 0.197. The van der Waals surface area contributed by atoms with Crippen LogP contribution in [0.1, 0.15) is 11.5 Å². The number of carbonyl (C=O) groups excluding carboxylic acids is 1. The van der Waals surface area contributed by atoms with Gasteiger partial charge in [0.15, 0.2) is 0 Å². The van der Waals surface area contributed by atoms with Crippen molar-refractivity contribution in [2.45, 2.75) is 12.3 Å². The van der Waals surface area contributed by atoms with Gasteiger partial charge in [-0.1, -0.05) is 59.2 Å². The Labute approximate surface area is 154 Å². The summed E-state index contributed by atoms with van der Waals surface area (Å²) in [5, 5.41) is 7.23. The van der Waals surface area contributed by atoms with E-state index in [-0.39, 0.29) is 12.5 Å². The van der Waals surface area contributed by atoms with Gasteiger partial charge in [-0.15, -0.1) is 11.8 Å². The van der Waals surface area contributed by atoms with E-state index in [1.807, 2.05) is 48.5 Å². The van der Waals surface area contributed by atoms with Gasteiger partial charge in [-0.2, -0.15) is 4.98 Å². The van der Waals surface area contributed by atoms with E-state index in [1.54, 1.807) is 17.8 Å². The van der Waals surface area contributed by atoms with Crippen LogP contribution < -0.4 is 5.32 Å². The summed E-state index contributed by atoms with van der Waals surface area (Å²) < 4.78 is 5.16. The van der Waals surface area contributed by atoms with E-state index in [1.165, 1.54) is 5.56 Å². The van der Waals surface area contributed by atoms with Crippen LogP contribution in [-0.4, -0.2) is 21.8 Å². The Kier molecular flexibility index (Phi) is 6.09. The molecule has 25 heavy (non-hydrogen) atoms. The lowest BCUT2D eigenvalue weighted by molar-refractivity contribution is -0.118. The van der Waals surface area contributed by atoms with Crippen LogP contribution >= 0.6 is 23.4 Å². The lowest BCUT2D eigenvalue weighted by Crippen LogP contribution is -2.24. The van der Waals surface area contributed by atoms with Crippen LogP contribution in [0.4, 0.5) is 0 Å². The molecule has 3 rings (SSSR count). The predicted octanol–water partition coefficient (Wildman–Crippen LogP) is 3.94. The molecule has 1 aromatic heterocycles. The molecule has 0 aliphatic carbocycles. The third-order valence-electron chi connectivity index (χ3n) is 3.36. The maximum atomic E-state index is 11.9. The van der Waals surface area contributed by atoms with Crippen LogP contribution in [0.25, 0.3) is 11.4 Å². The number of hydrogen-bond donors (Lipinski definition) is 1. The Hall–Kier alpha value is -2.31. The van der Waals surface area contributed by atoms with Crippen LogP contribution in [0, 0.1) is 0 Å². The highest BCUT2D eigenvalue weighted by Gasteiger charge is 2.12. The summed E-state index contributed by atoms with van der Waals surface area (Å²) in [4.78, 5) is 16.2. The van der Waals surface area contributed by atoms with Crippen molar-refractivity contribution >= 4 is 29.3 Å². The third kappa shape index (κ3) is 5.08. The third-order valence-corrected chi connectivity index (χ3v) is 4.70. The minimum absolute atomic E-state index is 0.0709. The topological polar surface area (TPSA) is 68.0 Å². The largest absolute Gasteiger partial charge is 0.346 e. The summed E-state index contributed by atoms with van der Waals surface area (Å²) in [7, 11) is 0. The fourth-order valence-corrected chi connectivity index (χ4v) is 3.18. The first-order chi connectivity index (χ1) is 12.2. The van der Waals surface area contributed by atoms with E-state index < -0.39 is 0 Å². The van der Waals surface area contributed by atoms with Crippen molar-refractivity contribution in [3.05, 3.63) is 71.1 Å². The Morgan fingerprint density at radius 3 is 2.68 bits per heavy atom. The van der Waals surface area contributed by atoms with E-state index in [2.05, 4.69) is 15.5 Å². The molecule has 3 aromatic rings. The number of benzene rings is 2. The van der Waals surface area contributed by atoms with Crippen molar-refractivity contribution in [2.75, 3.05) is 5.75 Å². The van der Waals surface area contributed by atoms with Crippen LogP contribution in [-0.2, 0) is 17.1 Å². The number of amides is 1. The van der Waals surface area contributed by atoms with Gasteiger partial charge in [0.25, 0.3) is 0 Å². The number of thioether (sulfide) groups is 1. The number of hydrogen-bond acceptors (Lipinski definition) is 5. The van der Waals surface area contributed by atoms with E-state index >= 15 is 0 Å². The van der Waals surface area contributed by atoms with Crippen molar-refractivity contribution in [1.82, 2.24) is 15.5 Å². The van der Waals surface area contributed by atoms with E-state index in [4.69, 9.17) is 16.1 Å². The fraction of sp³-hybridized carbons (Fsp3) is 0.167. The van der Waals surface area contributed by atoms with Crippen LogP contribution in [0.15, 0.2) is 59.1 Å². The average Bonchev–Trinajstić information content (AvgIpc) is 3.10. The van der Waals surface area contributed by atoms with Gasteiger partial charge in [0.2, 0.25) is 17.6 Å². The lowest BCUT2D eigenvalue weighted by Gasteiger charge is -2.03. The summed E-state index contributed by atoms with van der Waals surface area (Å²) in [6.07, 6.45) is 0. The first kappa shape index (κ1) is 17.5. The van der Waals surface area contributed by atoms with Crippen molar-refractivity contribution < 1.29 is 9.32 Å². The number of rotatable bonds is 7. The normalized spacial score (nSPS) is 10.6. The molecular weight excluding hydrogens is 358 g/mol. The van der Waals surface area contributed by atoms with Crippen LogP contribution in [0.3, 0.4) is 0 Å². The van der Waals surface area contributed by atoms with Crippen molar-refractivity contribution in [3.63, 3.8) is 0 Å². The van der Waals surface area contributed by atoms with Gasteiger partial charge >= 0.3 is 0 Å². The van der Waals surface area contributed by atoms with Gasteiger partial charge in [-0.3, -0.25) is 4.79 Å². The minimum atomic E-state index is -0.0709. The fourth-order valence-electron chi connectivity index (χ4n) is 2.14. The van der Waals surface area contributed by atoms with Gasteiger partial charge in [0.1, 0.15) is 0 Å². The number of aromatic nitrogens is 2. The second-order valence-corrected chi connectivity index (χ2v) is 6.64. The quantitative estimate of drug-likeness (QED) is 0.679. The molecule has 0 bridgehead atoms. The van der Waals surface area contributed by atoms with Gasteiger partial charge in [0.05, 0.1) is 17.3 Å². The molecule has 0 unspecified atom stereocenters. The molecule has 0 atom stereocenters. The molecule has 7 heteroatoms. The average molecular weight is 374 g/mol. The maximum Gasteiger partial charge on any atom is 0.246 e. The Bertz CT molecular complexity index is 839. The SMILES string of the molecule is O=C(CSCc1ccccc1)NCc1nc(-c2ccccc2Cl)no1. The number of halogens is 1. The van der Waals surface area contributed by atoms with Gasteiger partial charge in [-0.25, -0.2) is 0 Å². The molecule has 0 radical (unpaired) electrons. The number of carbonyl (C=O) groups is 1. The lowest BCUT2D eigenvalue weighted by atomic mass is 10.2. The molecule has 0 saturated carbocycles. The smallest absolute Gasteiger partial charge is 0.246 e. The zero-order chi connectivity index (χ0) is 17.5. The monoisotopic (exact) mass is 373 g/mol. The molecule has 1 heterocycles. The highest BCUT2D eigenvalue weighted by molar-refractivity contribution is 7.99. The Balaban J connectivity index is 1.46. The molecular formula is C18H16ClN3O2S. The molecule has 0 spiro atoms. The molecule has 0 aliphatic rings. The molecule has 2 aromatic carbocycles. The Morgan fingerprint density at radius 1 is 1.12 bits per heavy atom. The molecule has 128 valence electrons. The summed E-state index contributed by atoms with van der Waals surface area (Å²) in [6, 6.07) is 17.3. The van der Waals surface area contributed by atoms with E-state index in [0.717, 1.165) is 5.75 Å². The minimum Gasteiger partial charge on any atom is -0.346 e. The summed E-state index contributed by atoms with van der Waals surface area (Å²) in [5.74, 6) is 1.86. The van der Waals surface area contributed by atoms with Gasteiger partial charge in [-0.05, 0) is 17.7 Å². The predicted molar refractivity (Wildman–Crippen MR) is 99.2 cm³/mol. The molecule has 0 fully saturated rings. The Morgan fingerprint density at radius 2 is 1.88 bits per heavy atom. The second-order valence-electron chi connectivity index (χ2n) is 5.25. The van der Waals surface area contributed by atoms with E-state index in [0.29, 0.717) is 28.1 Å². The van der Waals surface area contributed by atoms with Crippen LogP contribution in [0.5, 0.6) is 0 Å². The van der Waals surface area contributed by atoms with Crippen molar-refractivity contribution in [2.24, 2.45) is 0 Å². The first-order valence-electron chi connectivity index (χ1n) is 7.68. The molecule has 1 amide bonds. The maximum absolute atomic E-state index is 11.9. The second kappa shape index (κ2) is 8.69. The highest BCUT2D eigenvalue weighted by atomic mass is 35.5. The van der Waals surface area contributed by atoms with Gasteiger partial charge < -0.3 is 9.84 Å². The summed E-state index contributed by atoms with van der Waals surface area (Å²) >= 11 is 7.67. The van der Waals surface area contributed by atoms with Crippen molar-refractivity contribution in [1.29, 1.82) is 0 Å². The molecule has 5 nitrogen and oxygen atoms in total. The van der Waals surface area contributed by atoms with E-state index in [9.17, 15) is 4.79 Å². The standard InChI is InChI=1S/C18H16ClN3O2S/c19-15-9-5-4-8-14(15)18-21-17(24-22-18)10-20-16(23)12-25-11-13-6-2-1-3-7-13/h1-9H,10-12H2,(H,20,23). The zero-order valence-corrected chi connectivity index (χ0v) is 14.9. The number of nitrogens with zero attached hydrogens (tertiary/aromatic N) is 2. The van der Waals surface area contributed by atoms with Crippen molar-refractivity contribution in [3.8, 4) is 11.4 Å². The van der Waals surface area contributed by atoms with Crippen LogP contribution in [0.2, 0.25) is 5.02 Å². The summed E-state index contributed by atoms with van der Waals surface area (Å²) in [5.41, 5.74) is 1.89. The van der Waals surface area contributed by atoms with Gasteiger partial charge in [0, 0.05) is 11.3 Å². The number of nitrogens with one attached hydrogen (secondary N) is 1. The zero-order valence-electron chi connectivity index (χ0n) is 13.3.